The molecule has 0 spiro atoms. The third kappa shape index (κ3) is 3.89. The Labute approximate surface area is 138 Å². The molecule has 4 heteroatoms. The summed E-state index contributed by atoms with van der Waals surface area (Å²) in [4.78, 5) is 0. The molecule has 0 aromatic carbocycles. The SMILES string of the molecule is CCNC(Cc1c(Br)c(CC)nn1C)C1CCC(CC)C1. The predicted molar refractivity (Wildman–Crippen MR) is 92.6 cm³/mol. The van der Waals surface area contributed by atoms with Crippen molar-refractivity contribution in [3.05, 3.63) is 15.9 Å². The summed E-state index contributed by atoms with van der Waals surface area (Å²) < 4.78 is 3.29. The molecule has 1 aromatic heterocycles. The Bertz CT molecular complexity index is 455. The van der Waals surface area contributed by atoms with Gasteiger partial charge in [0.2, 0.25) is 0 Å². The molecular formula is C17H30BrN3. The van der Waals surface area contributed by atoms with E-state index in [2.05, 4.69) is 58.8 Å². The van der Waals surface area contributed by atoms with Crippen LogP contribution >= 0.6 is 15.9 Å². The van der Waals surface area contributed by atoms with E-state index >= 15 is 0 Å². The summed E-state index contributed by atoms with van der Waals surface area (Å²) in [5.41, 5.74) is 2.53. The predicted octanol–water partition coefficient (Wildman–Crippen LogP) is 4.09. The number of nitrogens with zero attached hydrogens (tertiary/aromatic N) is 2. The summed E-state index contributed by atoms with van der Waals surface area (Å²) in [6.45, 7) is 7.77. The van der Waals surface area contributed by atoms with Gasteiger partial charge in [-0.3, -0.25) is 4.68 Å². The molecule has 1 aromatic rings. The van der Waals surface area contributed by atoms with Crippen molar-refractivity contribution in [2.75, 3.05) is 6.54 Å². The highest BCUT2D eigenvalue weighted by atomic mass is 79.9. The molecule has 0 bridgehead atoms. The average molecular weight is 356 g/mol. The fraction of sp³-hybridized carbons (Fsp3) is 0.824. The summed E-state index contributed by atoms with van der Waals surface area (Å²) in [7, 11) is 2.08. The van der Waals surface area contributed by atoms with E-state index in [-0.39, 0.29) is 0 Å². The van der Waals surface area contributed by atoms with Crippen LogP contribution in [0.4, 0.5) is 0 Å². The van der Waals surface area contributed by atoms with E-state index in [9.17, 15) is 0 Å². The molecule has 3 atom stereocenters. The zero-order chi connectivity index (χ0) is 15.4. The van der Waals surface area contributed by atoms with Crippen molar-refractivity contribution in [3.8, 4) is 0 Å². The Morgan fingerprint density at radius 3 is 2.62 bits per heavy atom. The van der Waals surface area contributed by atoms with Crippen LogP contribution in [0.1, 0.15) is 57.8 Å². The van der Waals surface area contributed by atoms with E-state index in [1.54, 1.807) is 0 Å². The Morgan fingerprint density at radius 1 is 1.33 bits per heavy atom. The third-order valence-corrected chi connectivity index (χ3v) is 6.03. The van der Waals surface area contributed by atoms with Gasteiger partial charge in [0.25, 0.3) is 0 Å². The molecule has 0 amide bonds. The van der Waals surface area contributed by atoms with Crippen LogP contribution in [-0.2, 0) is 19.9 Å². The first kappa shape index (κ1) is 17.0. The molecule has 1 aliphatic carbocycles. The van der Waals surface area contributed by atoms with Gasteiger partial charge in [-0.2, -0.15) is 5.10 Å². The average Bonchev–Trinajstić information content (AvgIpc) is 3.05. The number of aromatic nitrogens is 2. The highest BCUT2D eigenvalue weighted by molar-refractivity contribution is 9.10. The van der Waals surface area contributed by atoms with E-state index in [1.807, 2.05) is 0 Å². The molecule has 1 aliphatic rings. The number of likely N-dealkylation sites (N-methyl/N-ethyl adjacent to an activating group) is 1. The van der Waals surface area contributed by atoms with E-state index in [4.69, 9.17) is 0 Å². The summed E-state index contributed by atoms with van der Waals surface area (Å²) >= 11 is 3.76. The van der Waals surface area contributed by atoms with Gasteiger partial charge in [-0.15, -0.1) is 0 Å². The van der Waals surface area contributed by atoms with Crippen molar-refractivity contribution in [2.24, 2.45) is 18.9 Å². The molecule has 3 unspecified atom stereocenters. The first-order valence-corrected chi connectivity index (χ1v) is 9.33. The van der Waals surface area contributed by atoms with Crippen LogP contribution in [0.3, 0.4) is 0 Å². The van der Waals surface area contributed by atoms with Crippen LogP contribution in [0, 0.1) is 11.8 Å². The minimum atomic E-state index is 0.586. The highest BCUT2D eigenvalue weighted by Gasteiger charge is 2.31. The molecule has 0 saturated heterocycles. The molecule has 1 fully saturated rings. The number of rotatable bonds is 7. The quantitative estimate of drug-likeness (QED) is 0.797. The molecule has 1 heterocycles. The lowest BCUT2D eigenvalue weighted by molar-refractivity contribution is 0.343. The van der Waals surface area contributed by atoms with Gasteiger partial charge in [0.05, 0.1) is 15.9 Å². The Kier molecular flexibility index (Phi) is 6.30. The van der Waals surface area contributed by atoms with Crippen LogP contribution in [0.2, 0.25) is 0 Å². The topological polar surface area (TPSA) is 29.9 Å². The van der Waals surface area contributed by atoms with E-state index in [0.29, 0.717) is 6.04 Å². The second kappa shape index (κ2) is 7.77. The highest BCUT2D eigenvalue weighted by Crippen LogP contribution is 2.36. The summed E-state index contributed by atoms with van der Waals surface area (Å²) in [5, 5.41) is 8.38. The first-order chi connectivity index (χ1) is 10.1. The fourth-order valence-corrected chi connectivity index (χ4v) is 4.55. The van der Waals surface area contributed by atoms with Crippen molar-refractivity contribution < 1.29 is 0 Å². The van der Waals surface area contributed by atoms with Gasteiger partial charge >= 0.3 is 0 Å². The molecule has 1 saturated carbocycles. The molecule has 3 nitrogen and oxygen atoms in total. The zero-order valence-electron chi connectivity index (χ0n) is 14.0. The second-order valence-electron chi connectivity index (χ2n) is 6.40. The zero-order valence-corrected chi connectivity index (χ0v) is 15.5. The Hall–Kier alpha value is -0.350. The second-order valence-corrected chi connectivity index (χ2v) is 7.19. The lowest BCUT2D eigenvalue weighted by Gasteiger charge is -2.25. The molecule has 2 rings (SSSR count). The first-order valence-electron chi connectivity index (χ1n) is 8.54. The smallest absolute Gasteiger partial charge is 0.0766 e. The maximum atomic E-state index is 4.64. The molecule has 120 valence electrons. The number of nitrogens with one attached hydrogen (secondary N) is 1. The van der Waals surface area contributed by atoms with Gasteiger partial charge in [-0.1, -0.05) is 33.6 Å². The minimum Gasteiger partial charge on any atom is -0.314 e. The number of halogens is 1. The fourth-order valence-electron chi connectivity index (χ4n) is 3.77. The van der Waals surface area contributed by atoms with Gasteiger partial charge in [-0.05, 0) is 53.6 Å². The Balaban J connectivity index is 2.11. The van der Waals surface area contributed by atoms with Crippen molar-refractivity contribution in [1.29, 1.82) is 0 Å². The van der Waals surface area contributed by atoms with Crippen LogP contribution in [0.15, 0.2) is 4.47 Å². The van der Waals surface area contributed by atoms with Gasteiger partial charge < -0.3 is 5.32 Å². The maximum absolute atomic E-state index is 4.64. The number of aryl methyl sites for hydroxylation is 2. The van der Waals surface area contributed by atoms with Crippen molar-refractivity contribution in [1.82, 2.24) is 15.1 Å². The van der Waals surface area contributed by atoms with Gasteiger partial charge in [0.1, 0.15) is 0 Å². The van der Waals surface area contributed by atoms with Gasteiger partial charge in [0, 0.05) is 19.5 Å². The van der Waals surface area contributed by atoms with Crippen LogP contribution in [0.25, 0.3) is 0 Å². The van der Waals surface area contributed by atoms with Gasteiger partial charge in [-0.25, -0.2) is 0 Å². The van der Waals surface area contributed by atoms with E-state index < -0.39 is 0 Å². The van der Waals surface area contributed by atoms with Gasteiger partial charge in [0.15, 0.2) is 0 Å². The van der Waals surface area contributed by atoms with Crippen LogP contribution < -0.4 is 5.32 Å². The lowest BCUT2D eigenvalue weighted by Crippen LogP contribution is -2.37. The van der Waals surface area contributed by atoms with E-state index in [1.165, 1.54) is 41.5 Å². The molecule has 1 N–H and O–H groups in total. The maximum Gasteiger partial charge on any atom is 0.0766 e. The summed E-state index contributed by atoms with van der Waals surface area (Å²) in [6, 6.07) is 0.586. The largest absolute Gasteiger partial charge is 0.314 e. The van der Waals surface area contributed by atoms with Crippen molar-refractivity contribution in [2.45, 2.75) is 65.3 Å². The normalized spacial score (nSPS) is 23.7. The molecular weight excluding hydrogens is 326 g/mol. The monoisotopic (exact) mass is 355 g/mol. The summed E-state index contributed by atoms with van der Waals surface area (Å²) in [5.74, 6) is 1.76. The minimum absolute atomic E-state index is 0.586. The van der Waals surface area contributed by atoms with Crippen molar-refractivity contribution >= 4 is 15.9 Å². The summed E-state index contributed by atoms with van der Waals surface area (Å²) in [6.07, 6.45) is 7.60. The van der Waals surface area contributed by atoms with Crippen molar-refractivity contribution in [3.63, 3.8) is 0 Å². The molecule has 0 radical (unpaired) electrons. The molecule has 21 heavy (non-hydrogen) atoms. The van der Waals surface area contributed by atoms with Crippen LogP contribution in [-0.4, -0.2) is 22.4 Å². The number of hydrogen-bond donors (Lipinski definition) is 1. The standard InChI is InChI=1S/C17H30BrN3/c1-5-12-8-9-13(10-12)15(19-7-3)11-16-17(18)14(6-2)20-21(16)4/h12-13,15,19H,5-11H2,1-4H3. The third-order valence-electron chi connectivity index (χ3n) is 5.11. The molecule has 0 aliphatic heterocycles. The van der Waals surface area contributed by atoms with E-state index in [0.717, 1.165) is 31.2 Å². The number of hydrogen-bond acceptors (Lipinski definition) is 2. The Morgan fingerprint density at radius 2 is 2.10 bits per heavy atom. The van der Waals surface area contributed by atoms with Crippen LogP contribution in [0.5, 0.6) is 0 Å². The lowest BCUT2D eigenvalue weighted by atomic mass is 9.92.